The molecule has 1 aliphatic carbocycles. The topological polar surface area (TPSA) is 56.8 Å². The van der Waals surface area contributed by atoms with Crippen molar-refractivity contribution < 1.29 is 9.59 Å². The number of hydrogen-bond donors (Lipinski definition) is 0. The number of piperazine rings is 1. The van der Waals surface area contributed by atoms with Gasteiger partial charge in [-0.05, 0) is 37.3 Å². The van der Waals surface area contributed by atoms with E-state index in [9.17, 15) is 9.59 Å². The van der Waals surface area contributed by atoms with Crippen molar-refractivity contribution in [2.24, 2.45) is 5.92 Å². The molecule has 2 aliphatic heterocycles. The molecule has 3 heterocycles. The van der Waals surface area contributed by atoms with Gasteiger partial charge in [-0.3, -0.25) is 9.59 Å². The number of aromatic nitrogens is 1. The van der Waals surface area contributed by atoms with Crippen LogP contribution in [0.4, 0.5) is 5.82 Å². The maximum absolute atomic E-state index is 13.1. The van der Waals surface area contributed by atoms with Gasteiger partial charge in [0.05, 0.1) is 5.56 Å². The molecule has 0 radical (unpaired) electrons. The Balaban J connectivity index is 1.31. The zero-order chi connectivity index (χ0) is 19.3. The quantitative estimate of drug-likeness (QED) is 0.783. The molecule has 6 nitrogen and oxygen atoms in total. The number of amides is 2. The molecule has 4 rings (SSSR count). The number of pyridine rings is 1. The third-order valence-electron chi connectivity index (χ3n) is 6.58. The monoisotopic (exact) mass is 384 g/mol. The van der Waals surface area contributed by atoms with Crippen molar-refractivity contribution in [3.63, 3.8) is 0 Å². The average molecular weight is 385 g/mol. The Morgan fingerprint density at radius 2 is 1.61 bits per heavy atom. The highest BCUT2D eigenvalue weighted by Crippen LogP contribution is 2.29. The summed E-state index contributed by atoms with van der Waals surface area (Å²) in [6.45, 7) is 4.47. The molecule has 0 N–H and O–H groups in total. The summed E-state index contributed by atoms with van der Waals surface area (Å²) in [4.78, 5) is 36.2. The molecule has 3 fully saturated rings. The Morgan fingerprint density at radius 1 is 0.929 bits per heavy atom. The summed E-state index contributed by atoms with van der Waals surface area (Å²) >= 11 is 0. The number of rotatable bonds is 5. The van der Waals surface area contributed by atoms with Crippen LogP contribution >= 0.6 is 0 Å². The molecule has 0 bridgehead atoms. The van der Waals surface area contributed by atoms with Crippen LogP contribution in [0.5, 0.6) is 0 Å². The van der Waals surface area contributed by atoms with E-state index in [0.717, 1.165) is 44.1 Å². The van der Waals surface area contributed by atoms with E-state index < -0.39 is 0 Å². The molecule has 0 spiro atoms. The Bertz CT molecular complexity index is 688. The second kappa shape index (κ2) is 8.93. The highest BCUT2D eigenvalue weighted by molar-refractivity contribution is 5.99. The van der Waals surface area contributed by atoms with Crippen LogP contribution in [0.3, 0.4) is 0 Å². The molecule has 3 aliphatic rings. The molecule has 0 aromatic carbocycles. The summed E-state index contributed by atoms with van der Waals surface area (Å²) in [5.41, 5.74) is 0.699. The van der Waals surface area contributed by atoms with Gasteiger partial charge in [-0.25, -0.2) is 4.98 Å². The van der Waals surface area contributed by atoms with E-state index in [0.29, 0.717) is 38.2 Å². The normalized spacial score (nSPS) is 20.8. The molecule has 2 amide bonds. The summed E-state index contributed by atoms with van der Waals surface area (Å²) in [7, 11) is 0. The Labute approximate surface area is 167 Å². The second-order valence-electron chi connectivity index (χ2n) is 8.43. The SMILES string of the molecule is O=C(CCC1CCCC1)N1CCN(C(=O)c2cccnc2N2CCCC2)CC1. The zero-order valence-electron chi connectivity index (χ0n) is 16.8. The van der Waals surface area contributed by atoms with Gasteiger partial charge in [-0.2, -0.15) is 0 Å². The van der Waals surface area contributed by atoms with Crippen LogP contribution in [0.1, 0.15) is 61.7 Å². The minimum Gasteiger partial charge on any atom is -0.356 e. The maximum atomic E-state index is 13.1. The molecule has 1 saturated carbocycles. The predicted octanol–water partition coefficient (Wildman–Crippen LogP) is 2.94. The minimum absolute atomic E-state index is 0.0491. The highest BCUT2D eigenvalue weighted by atomic mass is 16.2. The highest BCUT2D eigenvalue weighted by Gasteiger charge is 2.28. The lowest BCUT2D eigenvalue weighted by atomic mass is 10.0. The summed E-state index contributed by atoms with van der Waals surface area (Å²) in [5.74, 6) is 1.88. The standard InChI is InChI=1S/C22H32N4O2/c27-20(10-9-18-6-1-2-7-18)24-14-16-26(17-15-24)22(28)19-8-5-11-23-21(19)25-12-3-4-13-25/h5,8,11,18H,1-4,6-7,9-10,12-17H2. The molecule has 2 saturated heterocycles. The van der Waals surface area contributed by atoms with Crippen LogP contribution in [0.15, 0.2) is 18.3 Å². The van der Waals surface area contributed by atoms with E-state index in [-0.39, 0.29) is 11.8 Å². The summed E-state index contributed by atoms with van der Waals surface area (Å²) in [5, 5.41) is 0. The van der Waals surface area contributed by atoms with Crippen molar-refractivity contribution in [3.05, 3.63) is 23.9 Å². The molecule has 1 aromatic rings. The van der Waals surface area contributed by atoms with Crippen LogP contribution in [0, 0.1) is 5.92 Å². The van der Waals surface area contributed by atoms with Crippen LogP contribution in [0.2, 0.25) is 0 Å². The van der Waals surface area contributed by atoms with Crippen molar-refractivity contribution in [3.8, 4) is 0 Å². The van der Waals surface area contributed by atoms with Gasteiger partial charge in [0.15, 0.2) is 0 Å². The van der Waals surface area contributed by atoms with Crippen LogP contribution in [-0.2, 0) is 4.79 Å². The number of nitrogens with zero attached hydrogens (tertiary/aromatic N) is 4. The molecule has 28 heavy (non-hydrogen) atoms. The molecule has 1 aromatic heterocycles. The first-order valence-electron chi connectivity index (χ1n) is 11.0. The van der Waals surface area contributed by atoms with Crippen molar-refractivity contribution in [1.29, 1.82) is 0 Å². The lowest BCUT2D eigenvalue weighted by Gasteiger charge is -2.35. The third-order valence-corrected chi connectivity index (χ3v) is 6.58. The first kappa shape index (κ1) is 19.2. The minimum atomic E-state index is 0.0491. The second-order valence-corrected chi connectivity index (χ2v) is 8.43. The molecule has 152 valence electrons. The first-order chi connectivity index (χ1) is 13.7. The zero-order valence-corrected chi connectivity index (χ0v) is 16.8. The van der Waals surface area contributed by atoms with Crippen LogP contribution in [-0.4, -0.2) is 65.9 Å². The lowest BCUT2D eigenvalue weighted by molar-refractivity contribution is -0.133. The van der Waals surface area contributed by atoms with Gasteiger partial charge in [-0.15, -0.1) is 0 Å². The van der Waals surface area contributed by atoms with Gasteiger partial charge in [0.1, 0.15) is 5.82 Å². The van der Waals surface area contributed by atoms with Crippen LogP contribution < -0.4 is 4.90 Å². The average Bonchev–Trinajstić information content (AvgIpc) is 3.46. The Kier molecular flexibility index (Phi) is 6.13. The molecule has 6 heteroatoms. The third kappa shape index (κ3) is 4.31. The summed E-state index contributed by atoms with van der Waals surface area (Å²) in [6.07, 6.45) is 11.0. The van der Waals surface area contributed by atoms with Crippen molar-refractivity contribution in [1.82, 2.24) is 14.8 Å². The van der Waals surface area contributed by atoms with E-state index in [1.807, 2.05) is 21.9 Å². The number of hydrogen-bond acceptors (Lipinski definition) is 4. The smallest absolute Gasteiger partial charge is 0.257 e. The molecular weight excluding hydrogens is 352 g/mol. The Hall–Kier alpha value is -2.11. The molecule has 0 atom stereocenters. The molecular formula is C22H32N4O2. The number of carbonyl (C=O) groups is 2. The fourth-order valence-corrected chi connectivity index (χ4v) is 4.86. The Morgan fingerprint density at radius 3 is 2.32 bits per heavy atom. The summed E-state index contributed by atoms with van der Waals surface area (Å²) < 4.78 is 0. The predicted molar refractivity (Wildman–Crippen MR) is 109 cm³/mol. The first-order valence-corrected chi connectivity index (χ1v) is 11.0. The largest absolute Gasteiger partial charge is 0.356 e. The number of anilines is 1. The van der Waals surface area contributed by atoms with E-state index >= 15 is 0 Å². The number of carbonyl (C=O) groups excluding carboxylic acids is 2. The van der Waals surface area contributed by atoms with Gasteiger partial charge < -0.3 is 14.7 Å². The van der Waals surface area contributed by atoms with Gasteiger partial charge in [0, 0.05) is 51.9 Å². The van der Waals surface area contributed by atoms with Crippen molar-refractivity contribution in [2.45, 2.75) is 51.4 Å². The van der Waals surface area contributed by atoms with E-state index in [1.54, 1.807) is 6.20 Å². The van der Waals surface area contributed by atoms with E-state index in [4.69, 9.17) is 0 Å². The van der Waals surface area contributed by atoms with E-state index in [1.165, 1.54) is 25.7 Å². The van der Waals surface area contributed by atoms with Crippen LogP contribution in [0.25, 0.3) is 0 Å². The van der Waals surface area contributed by atoms with Gasteiger partial charge in [-0.1, -0.05) is 25.7 Å². The van der Waals surface area contributed by atoms with E-state index in [2.05, 4.69) is 9.88 Å². The van der Waals surface area contributed by atoms with Crippen molar-refractivity contribution in [2.75, 3.05) is 44.2 Å². The van der Waals surface area contributed by atoms with Crippen molar-refractivity contribution >= 4 is 17.6 Å². The lowest BCUT2D eigenvalue weighted by Crippen LogP contribution is -2.50. The maximum Gasteiger partial charge on any atom is 0.257 e. The fourth-order valence-electron chi connectivity index (χ4n) is 4.86. The molecule has 0 unspecified atom stereocenters. The van der Waals surface area contributed by atoms with Gasteiger partial charge >= 0.3 is 0 Å². The fraction of sp³-hybridized carbons (Fsp3) is 0.682. The van der Waals surface area contributed by atoms with Gasteiger partial charge in [0.25, 0.3) is 5.91 Å². The van der Waals surface area contributed by atoms with Gasteiger partial charge in [0.2, 0.25) is 5.91 Å². The summed E-state index contributed by atoms with van der Waals surface area (Å²) in [6, 6.07) is 3.73.